The fraction of sp³-hybridized carbons (Fsp3) is 0.462. The summed E-state index contributed by atoms with van der Waals surface area (Å²) < 4.78 is 0.540. The quantitative estimate of drug-likeness (QED) is 0.781. The number of amides is 1. The smallest absolute Gasteiger partial charge is 0.251 e. The Labute approximate surface area is 115 Å². The van der Waals surface area contributed by atoms with Gasteiger partial charge in [-0.2, -0.15) is 0 Å². The van der Waals surface area contributed by atoms with Crippen molar-refractivity contribution in [2.75, 3.05) is 6.61 Å². The zero-order valence-corrected chi connectivity index (χ0v) is 12.1. The minimum Gasteiger partial charge on any atom is -0.507 e. The van der Waals surface area contributed by atoms with Gasteiger partial charge < -0.3 is 15.5 Å². The largest absolute Gasteiger partial charge is 0.507 e. The van der Waals surface area contributed by atoms with Crippen LogP contribution in [-0.2, 0) is 0 Å². The molecule has 5 heteroatoms. The first-order chi connectivity index (χ1) is 8.48. The zero-order chi connectivity index (χ0) is 13.8. The average Bonchev–Trinajstić information content (AvgIpc) is 2.39. The molecule has 0 aromatic heterocycles. The minimum atomic E-state index is -0.597. The third-order valence-corrected chi connectivity index (χ3v) is 3.91. The highest BCUT2D eigenvalue weighted by Crippen LogP contribution is 2.25. The van der Waals surface area contributed by atoms with Crippen molar-refractivity contribution in [1.29, 1.82) is 0 Å². The third kappa shape index (κ3) is 3.23. The fourth-order valence-corrected chi connectivity index (χ4v) is 1.90. The SMILES string of the molecule is CCC(CC)(CO)NC(=O)c1ccc(Br)c(O)c1. The summed E-state index contributed by atoms with van der Waals surface area (Å²) in [7, 11) is 0. The normalized spacial score (nSPS) is 11.3. The van der Waals surface area contributed by atoms with Crippen molar-refractivity contribution >= 4 is 21.8 Å². The van der Waals surface area contributed by atoms with E-state index in [1.165, 1.54) is 6.07 Å². The number of benzene rings is 1. The van der Waals surface area contributed by atoms with Crippen molar-refractivity contribution in [3.8, 4) is 5.75 Å². The van der Waals surface area contributed by atoms with Gasteiger partial charge in [0.2, 0.25) is 0 Å². The maximum atomic E-state index is 12.1. The molecule has 0 saturated heterocycles. The van der Waals surface area contributed by atoms with Crippen LogP contribution in [0.3, 0.4) is 0 Å². The van der Waals surface area contributed by atoms with Crippen molar-refractivity contribution < 1.29 is 15.0 Å². The van der Waals surface area contributed by atoms with Crippen molar-refractivity contribution in [1.82, 2.24) is 5.32 Å². The number of nitrogens with one attached hydrogen (secondary N) is 1. The molecule has 4 nitrogen and oxygen atoms in total. The van der Waals surface area contributed by atoms with E-state index in [1.54, 1.807) is 12.1 Å². The number of carbonyl (C=O) groups excluding carboxylic acids is 1. The molecule has 18 heavy (non-hydrogen) atoms. The molecule has 1 aromatic rings. The van der Waals surface area contributed by atoms with Gasteiger partial charge >= 0.3 is 0 Å². The minimum absolute atomic E-state index is 0.0187. The van der Waals surface area contributed by atoms with Gasteiger partial charge in [0.15, 0.2) is 0 Å². The molecule has 0 bridgehead atoms. The molecule has 0 radical (unpaired) electrons. The molecule has 0 fully saturated rings. The predicted octanol–water partition coefficient (Wildman–Crippen LogP) is 2.44. The molecule has 0 unspecified atom stereocenters. The van der Waals surface area contributed by atoms with Crippen LogP contribution >= 0.6 is 15.9 Å². The molecule has 3 N–H and O–H groups in total. The van der Waals surface area contributed by atoms with Gasteiger partial charge in [-0.1, -0.05) is 13.8 Å². The van der Waals surface area contributed by atoms with E-state index in [1.807, 2.05) is 13.8 Å². The highest BCUT2D eigenvalue weighted by molar-refractivity contribution is 9.10. The lowest BCUT2D eigenvalue weighted by Gasteiger charge is -2.30. The Bertz CT molecular complexity index is 422. The fourth-order valence-electron chi connectivity index (χ4n) is 1.66. The average molecular weight is 316 g/mol. The Morgan fingerprint density at radius 1 is 1.39 bits per heavy atom. The Hall–Kier alpha value is -1.07. The summed E-state index contributed by atoms with van der Waals surface area (Å²) in [5.74, 6) is -0.277. The van der Waals surface area contributed by atoms with Gasteiger partial charge in [0.05, 0.1) is 16.6 Å². The second-order valence-electron chi connectivity index (χ2n) is 4.27. The molecule has 0 spiro atoms. The Kier molecular flexibility index (Phi) is 5.16. The predicted molar refractivity (Wildman–Crippen MR) is 73.7 cm³/mol. The monoisotopic (exact) mass is 315 g/mol. The second kappa shape index (κ2) is 6.20. The van der Waals surface area contributed by atoms with Gasteiger partial charge in [0.1, 0.15) is 5.75 Å². The molecular weight excluding hydrogens is 298 g/mol. The van der Waals surface area contributed by atoms with Crippen LogP contribution in [0.1, 0.15) is 37.0 Å². The Morgan fingerprint density at radius 3 is 2.44 bits per heavy atom. The number of aliphatic hydroxyl groups excluding tert-OH is 1. The molecule has 0 aliphatic rings. The molecule has 100 valence electrons. The lowest BCUT2D eigenvalue weighted by Crippen LogP contribution is -2.50. The highest BCUT2D eigenvalue weighted by Gasteiger charge is 2.27. The van der Waals surface area contributed by atoms with Gasteiger partial charge in [-0.05, 0) is 47.0 Å². The summed E-state index contributed by atoms with van der Waals surface area (Å²) in [5, 5.41) is 21.8. The van der Waals surface area contributed by atoms with Gasteiger partial charge in [0.25, 0.3) is 5.91 Å². The summed E-state index contributed by atoms with van der Waals surface area (Å²) in [6.45, 7) is 3.73. The summed E-state index contributed by atoms with van der Waals surface area (Å²) in [4.78, 5) is 12.1. The highest BCUT2D eigenvalue weighted by atomic mass is 79.9. The van der Waals surface area contributed by atoms with Crippen LogP contribution in [0, 0.1) is 0 Å². The summed E-state index contributed by atoms with van der Waals surface area (Å²) in [6, 6.07) is 4.63. The first kappa shape index (κ1) is 15.0. The lowest BCUT2D eigenvalue weighted by molar-refractivity contribution is 0.0817. The van der Waals surface area contributed by atoms with Crippen LogP contribution in [0.5, 0.6) is 5.75 Å². The van der Waals surface area contributed by atoms with Crippen LogP contribution < -0.4 is 5.32 Å². The van der Waals surface area contributed by atoms with E-state index >= 15 is 0 Å². The van der Waals surface area contributed by atoms with Crippen LogP contribution in [0.15, 0.2) is 22.7 Å². The van der Waals surface area contributed by atoms with E-state index < -0.39 is 5.54 Å². The lowest BCUT2D eigenvalue weighted by atomic mass is 9.93. The molecule has 0 heterocycles. The van der Waals surface area contributed by atoms with Gasteiger partial charge in [-0.3, -0.25) is 4.79 Å². The van der Waals surface area contributed by atoms with Crippen LogP contribution in [-0.4, -0.2) is 28.3 Å². The molecular formula is C13H18BrNO3. The number of hydrogen-bond donors (Lipinski definition) is 3. The number of carbonyl (C=O) groups is 1. The standard InChI is InChI=1S/C13H18BrNO3/c1-3-13(4-2,8-16)15-12(18)9-5-6-10(14)11(17)7-9/h5-7,16-17H,3-4,8H2,1-2H3,(H,15,18). The zero-order valence-electron chi connectivity index (χ0n) is 10.5. The van der Waals surface area contributed by atoms with Crippen molar-refractivity contribution in [3.05, 3.63) is 28.2 Å². The molecule has 0 atom stereocenters. The maximum Gasteiger partial charge on any atom is 0.251 e. The van der Waals surface area contributed by atoms with E-state index in [0.29, 0.717) is 22.9 Å². The van der Waals surface area contributed by atoms with Gasteiger partial charge in [-0.15, -0.1) is 0 Å². The topological polar surface area (TPSA) is 69.6 Å². The summed E-state index contributed by atoms with van der Waals surface area (Å²) in [5.41, 5.74) is -0.227. The molecule has 1 rings (SSSR count). The summed E-state index contributed by atoms with van der Waals surface area (Å²) >= 11 is 3.16. The Morgan fingerprint density at radius 2 is 2.00 bits per heavy atom. The van der Waals surface area contributed by atoms with E-state index in [0.717, 1.165) is 0 Å². The molecule has 0 aliphatic carbocycles. The number of phenolic OH excluding ortho intramolecular Hbond substituents is 1. The van der Waals surface area contributed by atoms with E-state index in [-0.39, 0.29) is 18.3 Å². The first-order valence-electron chi connectivity index (χ1n) is 5.90. The maximum absolute atomic E-state index is 12.1. The number of rotatable bonds is 5. The summed E-state index contributed by atoms with van der Waals surface area (Å²) in [6.07, 6.45) is 1.29. The van der Waals surface area contributed by atoms with E-state index in [2.05, 4.69) is 21.2 Å². The van der Waals surface area contributed by atoms with E-state index in [4.69, 9.17) is 0 Å². The van der Waals surface area contributed by atoms with Crippen LogP contribution in [0.25, 0.3) is 0 Å². The molecule has 0 saturated carbocycles. The molecule has 1 amide bonds. The van der Waals surface area contributed by atoms with Crippen molar-refractivity contribution in [3.63, 3.8) is 0 Å². The van der Waals surface area contributed by atoms with Gasteiger partial charge in [0, 0.05) is 5.56 Å². The number of aliphatic hydroxyl groups is 1. The number of phenols is 1. The second-order valence-corrected chi connectivity index (χ2v) is 5.12. The van der Waals surface area contributed by atoms with E-state index in [9.17, 15) is 15.0 Å². The number of aromatic hydroxyl groups is 1. The van der Waals surface area contributed by atoms with Gasteiger partial charge in [-0.25, -0.2) is 0 Å². The first-order valence-corrected chi connectivity index (χ1v) is 6.69. The molecule has 0 aliphatic heterocycles. The third-order valence-electron chi connectivity index (χ3n) is 3.24. The Balaban J connectivity index is 2.90. The van der Waals surface area contributed by atoms with Crippen LogP contribution in [0.2, 0.25) is 0 Å². The number of hydrogen-bond acceptors (Lipinski definition) is 3. The number of halogens is 1. The van der Waals surface area contributed by atoms with Crippen LogP contribution in [0.4, 0.5) is 0 Å². The molecule has 1 aromatic carbocycles. The van der Waals surface area contributed by atoms with Crippen molar-refractivity contribution in [2.45, 2.75) is 32.2 Å². The van der Waals surface area contributed by atoms with Crippen molar-refractivity contribution in [2.24, 2.45) is 0 Å².